The van der Waals surface area contributed by atoms with Gasteiger partial charge in [-0.1, -0.05) is 29.8 Å². The predicted octanol–water partition coefficient (Wildman–Crippen LogP) is 3.32. The third-order valence-electron chi connectivity index (χ3n) is 6.75. The molecule has 2 amide bonds. The lowest BCUT2D eigenvalue weighted by Gasteiger charge is -2.48. The van der Waals surface area contributed by atoms with Crippen LogP contribution in [0.3, 0.4) is 0 Å². The number of halogens is 1. The van der Waals surface area contributed by atoms with Crippen molar-refractivity contribution >= 4 is 34.4 Å². The molecule has 1 aliphatic carbocycles. The summed E-state index contributed by atoms with van der Waals surface area (Å²) in [6, 6.07) is 8.98. The van der Waals surface area contributed by atoms with E-state index in [1.54, 1.807) is 24.3 Å². The fraction of sp³-hybridized carbons (Fsp3) is 0.600. The molecule has 7 atom stereocenters. The zero-order valence-corrected chi connectivity index (χ0v) is 22.1. The van der Waals surface area contributed by atoms with E-state index < -0.39 is 52.1 Å². The minimum atomic E-state index is -1.47. The molecule has 0 radical (unpaired) electrons. The number of nitrogens with one attached hydrogen (secondary N) is 1. The van der Waals surface area contributed by atoms with Gasteiger partial charge in [0.2, 0.25) is 5.91 Å². The van der Waals surface area contributed by atoms with Crippen LogP contribution in [-0.4, -0.2) is 69.6 Å². The third-order valence-corrected chi connectivity index (χ3v) is 8.55. The standard InChI is InChI=1S/C25H34ClNO7S/c1-16(2)10-11-19-24(3,34-19)22-21(32-4)18(33-23(29)27-20(28)14-26)12-13-25(22,30)15-35(31)17-8-6-5-7-9-17/h5-10,18-19,21-22,30H,11-15H2,1-4H3,(H,27,28,29). The maximum Gasteiger partial charge on any atom is 0.414 e. The molecule has 0 aromatic heterocycles. The van der Waals surface area contributed by atoms with Crippen molar-refractivity contribution in [3.05, 3.63) is 42.0 Å². The number of carbonyl (C=O) groups excluding carboxylic acids is 2. The van der Waals surface area contributed by atoms with E-state index in [2.05, 4.69) is 11.4 Å². The van der Waals surface area contributed by atoms with E-state index in [1.165, 1.54) is 7.11 Å². The third kappa shape index (κ3) is 6.51. The molecule has 194 valence electrons. The van der Waals surface area contributed by atoms with Gasteiger partial charge in [-0.25, -0.2) is 4.79 Å². The van der Waals surface area contributed by atoms with Crippen LogP contribution in [0, 0.1) is 5.92 Å². The Morgan fingerprint density at radius 1 is 1.31 bits per heavy atom. The van der Waals surface area contributed by atoms with E-state index in [1.807, 2.05) is 26.8 Å². The molecule has 2 aliphatic rings. The van der Waals surface area contributed by atoms with Gasteiger partial charge in [0.05, 0.1) is 28.3 Å². The van der Waals surface area contributed by atoms with Gasteiger partial charge >= 0.3 is 6.09 Å². The molecule has 35 heavy (non-hydrogen) atoms. The van der Waals surface area contributed by atoms with Crippen LogP contribution in [0.5, 0.6) is 0 Å². The average Bonchev–Trinajstić information content (AvgIpc) is 3.49. The van der Waals surface area contributed by atoms with E-state index in [9.17, 15) is 18.9 Å². The first kappa shape index (κ1) is 27.8. The minimum Gasteiger partial charge on any atom is -0.443 e. The van der Waals surface area contributed by atoms with Gasteiger partial charge in [-0.2, -0.15) is 0 Å². The molecule has 1 aromatic rings. The second-order valence-corrected chi connectivity index (χ2v) is 11.3. The fourth-order valence-electron chi connectivity index (χ4n) is 5.04. The lowest BCUT2D eigenvalue weighted by molar-refractivity contribution is -0.170. The van der Waals surface area contributed by atoms with E-state index in [0.29, 0.717) is 11.3 Å². The number of ether oxygens (including phenoxy) is 3. The number of hydrogen-bond acceptors (Lipinski definition) is 7. The zero-order chi connectivity index (χ0) is 25.8. The first-order valence-corrected chi connectivity index (χ1v) is 13.5. The number of rotatable bonds is 9. The Labute approximate surface area is 213 Å². The highest BCUT2D eigenvalue weighted by atomic mass is 35.5. The molecule has 1 heterocycles. The highest BCUT2D eigenvalue weighted by Gasteiger charge is 2.68. The summed E-state index contributed by atoms with van der Waals surface area (Å²) in [5, 5.41) is 14.0. The lowest BCUT2D eigenvalue weighted by atomic mass is 9.66. The maximum atomic E-state index is 13.2. The largest absolute Gasteiger partial charge is 0.443 e. The number of allylic oxidation sites excluding steroid dienone is 1. The molecule has 1 aliphatic heterocycles. The SMILES string of the molecule is COC1C(OC(=O)NC(=O)CCl)CCC(O)(CS(=O)c2ccccc2)C1C1(C)OC1CC=C(C)C. The molecule has 0 spiro atoms. The first-order chi connectivity index (χ1) is 16.5. The maximum absolute atomic E-state index is 13.2. The summed E-state index contributed by atoms with van der Waals surface area (Å²) in [7, 11) is 0.00799. The number of alkyl halides is 1. The van der Waals surface area contributed by atoms with Crippen molar-refractivity contribution in [2.24, 2.45) is 5.92 Å². The van der Waals surface area contributed by atoms with Crippen molar-refractivity contribution in [3.8, 4) is 0 Å². The van der Waals surface area contributed by atoms with Crippen molar-refractivity contribution in [2.45, 2.75) is 74.4 Å². The fourth-order valence-corrected chi connectivity index (χ4v) is 6.51. The van der Waals surface area contributed by atoms with E-state index >= 15 is 0 Å². The summed E-state index contributed by atoms with van der Waals surface area (Å²) in [5.74, 6) is -1.70. The highest BCUT2D eigenvalue weighted by molar-refractivity contribution is 7.85. The van der Waals surface area contributed by atoms with Crippen LogP contribution in [-0.2, 0) is 29.8 Å². The van der Waals surface area contributed by atoms with Gasteiger partial charge in [0.15, 0.2) is 0 Å². The molecule has 7 unspecified atom stereocenters. The molecule has 2 N–H and O–H groups in total. The van der Waals surface area contributed by atoms with Crippen molar-refractivity contribution in [1.82, 2.24) is 5.32 Å². The summed E-state index contributed by atoms with van der Waals surface area (Å²) in [5.41, 5.74) is -1.04. The molecule has 1 aromatic carbocycles. The van der Waals surface area contributed by atoms with Gasteiger partial charge < -0.3 is 19.3 Å². The molecule has 1 saturated heterocycles. The number of epoxide rings is 1. The Bertz CT molecular complexity index is 970. The Hall–Kier alpha value is -1.78. The molecule has 8 nitrogen and oxygen atoms in total. The van der Waals surface area contributed by atoms with Gasteiger partial charge in [0, 0.05) is 17.9 Å². The summed E-state index contributed by atoms with van der Waals surface area (Å²) >= 11 is 5.46. The van der Waals surface area contributed by atoms with Crippen molar-refractivity contribution < 1.29 is 33.1 Å². The van der Waals surface area contributed by atoms with Crippen LogP contribution in [0.4, 0.5) is 4.79 Å². The summed E-state index contributed by atoms with van der Waals surface area (Å²) in [6.07, 6.45) is 0.593. The number of hydrogen-bond donors (Lipinski definition) is 2. The normalized spacial score (nSPS) is 32.9. The highest BCUT2D eigenvalue weighted by Crippen LogP contribution is 2.55. The molecule has 10 heteroatoms. The molecule has 1 saturated carbocycles. The molecule has 0 bridgehead atoms. The number of carbonyl (C=O) groups is 2. The Morgan fingerprint density at radius 2 is 2.00 bits per heavy atom. The zero-order valence-electron chi connectivity index (χ0n) is 20.5. The topological polar surface area (TPSA) is 114 Å². The van der Waals surface area contributed by atoms with Crippen LogP contribution in [0.25, 0.3) is 0 Å². The second-order valence-electron chi connectivity index (χ2n) is 9.56. The Morgan fingerprint density at radius 3 is 2.60 bits per heavy atom. The minimum absolute atomic E-state index is 0.0144. The van der Waals surface area contributed by atoms with Gasteiger partial charge in [-0.15, -0.1) is 11.6 Å². The second kappa shape index (κ2) is 11.5. The van der Waals surface area contributed by atoms with E-state index in [-0.39, 0.29) is 30.6 Å². The smallest absolute Gasteiger partial charge is 0.414 e. The summed E-state index contributed by atoms with van der Waals surface area (Å²) < 4.78 is 30.7. The number of amides is 2. The van der Waals surface area contributed by atoms with E-state index in [4.69, 9.17) is 25.8 Å². The summed E-state index contributed by atoms with van der Waals surface area (Å²) in [6.45, 7) is 5.91. The molecular weight excluding hydrogens is 494 g/mol. The monoisotopic (exact) mass is 527 g/mol. The quantitative estimate of drug-likeness (QED) is 0.287. The molecular formula is C25H34ClNO7S. The van der Waals surface area contributed by atoms with Crippen LogP contribution >= 0.6 is 11.6 Å². The van der Waals surface area contributed by atoms with E-state index in [0.717, 1.165) is 5.57 Å². The van der Waals surface area contributed by atoms with Gasteiger partial charge in [0.1, 0.15) is 23.7 Å². The Kier molecular flexibility index (Phi) is 9.15. The van der Waals surface area contributed by atoms with Gasteiger partial charge in [-0.3, -0.25) is 14.3 Å². The first-order valence-electron chi connectivity index (χ1n) is 11.6. The van der Waals surface area contributed by atoms with Gasteiger partial charge in [0.25, 0.3) is 0 Å². The molecule has 3 rings (SSSR count). The number of benzene rings is 1. The van der Waals surface area contributed by atoms with Crippen molar-refractivity contribution in [1.29, 1.82) is 0 Å². The van der Waals surface area contributed by atoms with Crippen molar-refractivity contribution in [2.75, 3.05) is 18.7 Å². The number of imide groups is 1. The van der Waals surface area contributed by atoms with Crippen LogP contribution in [0.2, 0.25) is 0 Å². The summed E-state index contributed by atoms with van der Waals surface area (Å²) in [4.78, 5) is 24.4. The average molecular weight is 528 g/mol. The number of methoxy groups -OCH3 is 1. The van der Waals surface area contributed by atoms with Crippen molar-refractivity contribution in [3.63, 3.8) is 0 Å². The number of alkyl carbamates (subject to hydrolysis) is 1. The number of aliphatic hydroxyl groups is 1. The lowest BCUT2D eigenvalue weighted by Crippen LogP contribution is -2.62. The Balaban J connectivity index is 1.89. The van der Waals surface area contributed by atoms with Gasteiger partial charge in [-0.05, 0) is 52.2 Å². The molecule has 2 fully saturated rings. The van der Waals surface area contributed by atoms with Crippen LogP contribution in [0.1, 0.15) is 40.0 Å². The van der Waals surface area contributed by atoms with Crippen LogP contribution < -0.4 is 5.32 Å². The predicted molar refractivity (Wildman–Crippen MR) is 133 cm³/mol. The van der Waals surface area contributed by atoms with Crippen LogP contribution in [0.15, 0.2) is 46.9 Å².